The summed E-state index contributed by atoms with van der Waals surface area (Å²) >= 11 is 3.37. The van der Waals surface area contributed by atoms with Crippen LogP contribution in [0.5, 0.6) is 0 Å². The molecule has 20 heavy (non-hydrogen) atoms. The number of anilines is 1. The van der Waals surface area contributed by atoms with Crippen molar-refractivity contribution in [3.63, 3.8) is 0 Å². The summed E-state index contributed by atoms with van der Waals surface area (Å²) in [7, 11) is 0. The van der Waals surface area contributed by atoms with Gasteiger partial charge >= 0.3 is 0 Å². The molecule has 0 unspecified atom stereocenters. The quantitative estimate of drug-likeness (QED) is 0.726. The Balaban J connectivity index is 1.83. The van der Waals surface area contributed by atoms with Gasteiger partial charge in [0.25, 0.3) is 0 Å². The van der Waals surface area contributed by atoms with Gasteiger partial charge in [-0.1, -0.05) is 35.2 Å². The standard InChI is InChI=1S/C16H18BrNO2/c17-12-4-6-13(7-5-12)18-14(19)10-16(11-15(18)20)8-2-1-3-9-16/h4-7H,1-3,8-11H2. The Morgan fingerprint density at radius 2 is 1.45 bits per heavy atom. The van der Waals surface area contributed by atoms with E-state index in [4.69, 9.17) is 0 Å². The molecular weight excluding hydrogens is 318 g/mol. The van der Waals surface area contributed by atoms with E-state index in [-0.39, 0.29) is 17.2 Å². The molecular formula is C16H18BrNO2. The highest BCUT2D eigenvalue weighted by Gasteiger charge is 2.44. The first-order chi connectivity index (χ1) is 9.60. The minimum atomic E-state index is -0.0434. The summed E-state index contributed by atoms with van der Waals surface area (Å²) in [6, 6.07) is 7.36. The monoisotopic (exact) mass is 335 g/mol. The molecule has 3 rings (SSSR count). The van der Waals surface area contributed by atoms with Crippen LogP contribution >= 0.6 is 15.9 Å². The predicted octanol–water partition coefficient (Wildman–Crippen LogP) is 4.05. The van der Waals surface area contributed by atoms with Crippen molar-refractivity contribution in [2.75, 3.05) is 4.90 Å². The molecule has 0 aromatic heterocycles. The predicted molar refractivity (Wildman–Crippen MR) is 81.4 cm³/mol. The highest BCUT2D eigenvalue weighted by molar-refractivity contribution is 9.10. The molecule has 1 saturated carbocycles. The molecule has 0 N–H and O–H groups in total. The van der Waals surface area contributed by atoms with Gasteiger partial charge in [-0.15, -0.1) is 0 Å². The maximum atomic E-state index is 12.5. The van der Waals surface area contributed by atoms with Crippen LogP contribution in [0.4, 0.5) is 5.69 Å². The van der Waals surface area contributed by atoms with Gasteiger partial charge in [-0.25, -0.2) is 0 Å². The van der Waals surface area contributed by atoms with E-state index in [1.54, 1.807) is 0 Å². The third-order valence-electron chi connectivity index (χ3n) is 4.55. The van der Waals surface area contributed by atoms with Gasteiger partial charge in [0, 0.05) is 17.3 Å². The summed E-state index contributed by atoms with van der Waals surface area (Å²) in [6.07, 6.45) is 6.64. The Hall–Kier alpha value is -1.16. The van der Waals surface area contributed by atoms with E-state index in [2.05, 4.69) is 15.9 Å². The molecule has 106 valence electrons. The maximum absolute atomic E-state index is 12.5. The van der Waals surface area contributed by atoms with Crippen molar-refractivity contribution in [2.45, 2.75) is 44.9 Å². The van der Waals surface area contributed by atoms with E-state index in [0.717, 1.165) is 30.2 Å². The van der Waals surface area contributed by atoms with Crippen molar-refractivity contribution in [3.8, 4) is 0 Å². The van der Waals surface area contributed by atoms with E-state index in [1.165, 1.54) is 11.3 Å². The zero-order chi connectivity index (χ0) is 14.2. The largest absolute Gasteiger partial charge is 0.274 e. The highest BCUT2D eigenvalue weighted by atomic mass is 79.9. The average molecular weight is 336 g/mol. The Morgan fingerprint density at radius 3 is 2.00 bits per heavy atom. The SMILES string of the molecule is O=C1CC2(CCCCC2)CC(=O)N1c1ccc(Br)cc1. The summed E-state index contributed by atoms with van der Waals surface area (Å²) < 4.78 is 0.946. The molecule has 2 fully saturated rings. The second-order valence-corrected chi connectivity index (χ2v) is 6.93. The summed E-state index contributed by atoms with van der Waals surface area (Å²) in [5.41, 5.74) is 0.645. The van der Waals surface area contributed by atoms with Crippen LogP contribution in [0.25, 0.3) is 0 Å². The second-order valence-electron chi connectivity index (χ2n) is 6.01. The second kappa shape index (κ2) is 5.32. The summed E-state index contributed by atoms with van der Waals surface area (Å²) in [4.78, 5) is 26.3. The number of carbonyl (C=O) groups excluding carboxylic acids is 2. The van der Waals surface area contributed by atoms with Crippen molar-refractivity contribution in [1.82, 2.24) is 0 Å². The van der Waals surface area contributed by atoms with Gasteiger partial charge in [0.05, 0.1) is 5.69 Å². The Kier molecular flexibility index (Phi) is 3.67. The summed E-state index contributed by atoms with van der Waals surface area (Å²) in [5, 5.41) is 0. The molecule has 0 radical (unpaired) electrons. The number of imide groups is 1. The molecule has 0 atom stereocenters. The molecule has 1 spiro atoms. The maximum Gasteiger partial charge on any atom is 0.234 e. The molecule has 2 aliphatic rings. The van der Waals surface area contributed by atoms with E-state index >= 15 is 0 Å². The number of hydrogen-bond donors (Lipinski definition) is 0. The first-order valence-corrected chi connectivity index (χ1v) is 8.00. The molecule has 0 bridgehead atoms. The topological polar surface area (TPSA) is 37.4 Å². The van der Waals surface area contributed by atoms with Crippen molar-refractivity contribution in [2.24, 2.45) is 5.41 Å². The summed E-state index contributed by atoms with van der Waals surface area (Å²) in [5.74, 6) is -0.0732. The fourth-order valence-electron chi connectivity index (χ4n) is 3.53. The smallest absolute Gasteiger partial charge is 0.234 e. The van der Waals surface area contributed by atoms with Gasteiger partial charge in [0.1, 0.15) is 0 Å². The number of carbonyl (C=O) groups is 2. The number of nitrogens with zero attached hydrogens (tertiary/aromatic N) is 1. The van der Waals surface area contributed by atoms with Gasteiger partial charge in [-0.05, 0) is 42.5 Å². The minimum Gasteiger partial charge on any atom is -0.274 e. The van der Waals surface area contributed by atoms with Gasteiger partial charge in [0.15, 0.2) is 0 Å². The van der Waals surface area contributed by atoms with E-state index < -0.39 is 0 Å². The molecule has 1 heterocycles. The minimum absolute atomic E-state index is 0.0366. The number of piperidine rings is 1. The van der Waals surface area contributed by atoms with E-state index in [0.29, 0.717) is 18.5 Å². The highest BCUT2D eigenvalue weighted by Crippen LogP contribution is 2.46. The first-order valence-electron chi connectivity index (χ1n) is 7.21. The Labute approximate surface area is 127 Å². The van der Waals surface area contributed by atoms with E-state index in [9.17, 15) is 9.59 Å². The Morgan fingerprint density at radius 1 is 0.900 bits per heavy atom. The van der Waals surface area contributed by atoms with Crippen molar-refractivity contribution in [1.29, 1.82) is 0 Å². The molecule has 1 aliphatic heterocycles. The van der Waals surface area contributed by atoms with Crippen LogP contribution < -0.4 is 4.90 Å². The van der Waals surface area contributed by atoms with Crippen LogP contribution in [0, 0.1) is 5.41 Å². The molecule has 3 nitrogen and oxygen atoms in total. The number of hydrogen-bond acceptors (Lipinski definition) is 2. The lowest BCUT2D eigenvalue weighted by Gasteiger charge is -2.42. The van der Waals surface area contributed by atoms with Crippen LogP contribution in [0.2, 0.25) is 0 Å². The lowest BCUT2D eigenvalue weighted by Crippen LogP contribution is -2.48. The molecule has 4 heteroatoms. The van der Waals surface area contributed by atoms with Gasteiger partial charge in [0.2, 0.25) is 11.8 Å². The van der Waals surface area contributed by atoms with Gasteiger partial charge < -0.3 is 0 Å². The number of benzene rings is 1. The van der Waals surface area contributed by atoms with Crippen LogP contribution in [-0.4, -0.2) is 11.8 Å². The third-order valence-corrected chi connectivity index (χ3v) is 5.08. The summed E-state index contributed by atoms with van der Waals surface area (Å²) in [6.45, 7) is 0. The number of amides is 2. The van der Waals surface area contributed by atoms with Crippen LogP contribution in [0.1, 0.15) is 44.9 Å². The zero-order valence-electron chi connectivity index (χ0n) is 11.4. The zero-order valence-corrected chi connectivity index (χ0v) is 13.0. The first kappa shape index (κ1) is 13.8. The van der Waals surface area contributed by atoms with Gasteiger partial charge in [-0.3, -0.25) is 14.5 Å². The van der Waals surface area contributed by atoms with Crippen molar-refractivity contribution < 1.29 is 9.59 Å². The lowest BCUT2D eigenvalue weighted by molar-refractivity contribution is -0.134. The van der Waals surface area contributed by atoms with E-state index in [1.807, 2.05) is 24.3 Å². The van der Waals surface area contributed by atoms with Crippen LogP contribution in [0.3, 0.4) is 0 Å². The number of halogens is 1. The third kappa shape index (κ3) is 2.53. The molecule has 1 aromatic carbocycles. The fourth-order valence-corrected chi connectivity index (χ4v) is 3.80. The number of rotatable bonds is 1. The fraction of sp³-hybridized carbons (Fsp3) is 0.500. The van der Waals surface area contributed by atoms with Crippen molar-refractivity contribution >= 4 is 33.4 Å². The van der Waals surface area contributed by atoms with Gasteiger partial charge in [-0.2, -0.15) is 0 Å². The molecule has 1 saturated heterocycles. The normalized spacial score (nSPS) is 22.4. The van der Waals surface area contributed by atoms with Crippen LogP contribution in [0.15, 0.2) is 28.7 Å². The lowest BCUT2D eigenvalue weighted by atomic mass is 9.67. The van der Waals surface area contributed by atoms with Crippen LogP contribution in [-0.2, 0) is 9.59 Å². The van der Waals surface area contributed by atoms with Crippen molar-refractivity contribution in [3.05, 3.63) is 28.7 Å². The molecule has 1 aromatic rings. The molecule has 1 aliphatic carbocycles. The Bertz CT molecular complexity index is 512. The average Bonchev–Trinajstić information content (AvgIpc) is 2.41. The molecule has 2 amide bonds.